The molecule has 2 aliphatic carbocycles. The molecule has 26 heavy (non-hydrogen) atoms. The van der Waals surface area contributed by atoms with Gasteiger partial charge in [-0.3, -0.25) is 4.68 Å². The topological polar surface area (TPSA) is 36.3 Å². The van der Waals surface area contributed by atoms with Crippen molar-refractivity contribution in [1.82, 2.24) is 9.78 Å². The minimum absolute atomic E-state index is 0.0832. The molecule has 0 aromatic carbocycles. The lowest BCUT2D eigenvalue weighted by atomic mass is 9.90. The van der Waals surface area contributed by atoms with Crippen LogP contribution in [0.15, 0.2) is 0 Å². The fourth-order valence-corrected chi connectivity index (χ4v) is 4.92. The molecule has 2 fully saturated rings. The van der Waals surface area contributed by atoms with Crippen LogP contribution in [0.5, 0.6) is 0 Å². The lowest BCUT2D eigenvalue weighted by Gasteiger charge is -2.31. The van der Waals surface area contributed by atoms with Gasteiger partial charge in [0.1, 0.15) is 12.3 Å². The van der Waals surface area contributed by atoms with Gasteiger partial charge < -0.3 is 9.47 Å². The molecule has 1 saturated carbocycles. The van der Waals surface area contributed by atoms with Gasteiger partial charge in [0.25, 0.3) is 0 Å². The highest BCUT2D eigenvalue weighted by atomic mass is 79.9. The molecule has 11 heteroatoms. The molecule has 146 valence electrons. The first kappa shape index (κ1) is 18.5. The minimum atomic E-state index is -4.80. The van der Waals surface area contributed by atoms with Crippen molar-refractivity contribution in [1.29, 1.82) is 0 Å². The predicted octanol–water partition coefficient (Wildman–Crippen LogP) is 4.29. The maximum atomic E-state index is 13.8. The first-order valence-electron chi connectivity index (χ1n) is 8.18. The highest BCUT2D eigenvalue weighted by molar-refractivity contribution is 9.09. The number of rotatable bonds is 1. The summed E-state index contributed by atoms with van der Waals surface area (Å²) in [6.07, 6.45) is -12.1. The second kappa shape index (κ2) is 6.10. The van der Waals surface area contributed by atoms with Gasteiger partial charge in [-0.1, -0.05) is 15.9 Å². The fourth-order valence-electron chi connectivity index (χ4n) is 4.05. The van der Waals surface area contributed by atoms with Crippen LogP contribution in [-0.2, 0) is 21.4 Å². The first-order chi connectivity index (χ1) is 12.1. The van der Waals surface area contributed by atoms with Crippen LogP contribution in [0.1, 0.15) is 47.1 Å². The monoisotopic (exact) mass is 448 g/mol. The first-order valence-corrected chi connectivity index (χ1v) is 9.10. The summed E-state index contributed by atoms with van der Waals surface area (Å²) in [6, 6.07) is -1.02. The Bertz CT molecular complexity index is 693. The molecule has 2 heterocycles. The molecule has 1 aromatic heterocycles. The van der Waals surface area contributed by atoms with E-state index in [0.717, 1.165) is 4.68 Å². The largest absolute Gasteiger partial charge is 0.435 e. The number of nitrogens with zero attached hydrogens (tertiary/aromatic N) is 2. The van der Waals surface area contributed by atoms with E-state index in [1.54, 1.807) is 0 Å². The summed E-state index contributed by atoms with van der Waals surface area (Å²) >= 11 is 3.31. The summed E-state index contributed by atoms with van der Waals surface area (Å²) in [5.74, 6) is -1.58. The molecule has 1 spiro atoms. The fraction of sp³-hybridized carbons (Fsp3) is 0.800. The zero-order valence-electron chi connectivity index (χ0n) is 13.3. The Balaban J connectivity index is 1.83. The van der Waals surface area contributed by atoms with Crippen LogP contribution in [0.25, 0.3) is 0 Å². The van der Waals surface area contributed by atoms with E-state index < -0.39 is 59.9 Å². The van der Waals surface area contributed by atoms with E-state index in [1.165, 1.54) is 0 Å². The highest BCUT2D eigenvalue weighted by Crippen LogP contribution is 2.56. The van der Waals surface area contributed by atoms with E-state index in [2.05, 4.69) is 21.0 Å². The Morgan fingerprint density at radius 2 is 1.65 bits per heavy atom. The van der Waals surface area contributed by atoms with Gasteiger partial charge in [0, 0.05) is 19.3 Å². The molecule has 5 atom stereocenters. The number of halogens is 7. The Morgan fingerprint density at radius 1 is 1.08 bits per heavy atom. The summed E-state index contributed by atoms with van der Waals surface area (Å²) in [6.45, 7) is 0.265. The third kappa shape index (κ3) is 2.69. The highest BCUT2D eigenvalue weighted by Gasteiger charge is 2.57. The summed E-state index contributed by atoms with van der Waals surface area (Å²) < 4.78 is 93.8. The average Bonchev–Trinajstić information content (AvgIpc) is 3.22. The summed E-state index contributed by atoms with van der Waals surface area (Å²) in [4.78, 5) is -0.599. The summed E-state index contributed by atoms with van der Waals surface area (Å²) in [5, 5.41) is 3.64. The molecule has 1 saturated heterocycles. The Hall–Kier alpha value is -0.810. The third-order valence-electron chi connectivity index (χ3n) is 5.13. The number of hydrogen-bond acceptors (Lipinski definition) is 3. The quantitative estimate of drug-likeness (QED) is 0.474. The van der Waals surface area contributed by atoms with Crippen LogP contribution in [0.2, 0.25) is 0 Å². The van der Waals surface area contributed by atoms with Crippen LogP contribution in [0, 0.1) is 0 Å². The Labute approximate surface area is 152 Å². The lowest BCUT2D eigenvalue weighted by molar-refractivity contribution is -0.176. The van der Waals surface area contributed by atoms with E-state index in [1.807, 2.05) is 0 Å². The van der Waals surface area contributed by atoms with Crippen molar-refractivity contribution in [2.75, 3.05) is 13.2 Å². The van der Waals surface area contributed by atoms with E-state index in [0.29, 0.717) is 0 Å². The van der Waals surface area contributed by atoms with E-state index in [-0.39, 0.29) is 30.9 Å². The van der Waals surface area contributed by atoms with Crippen molar-refractivity contribution >= 4 is 15.9 Å². The van der Waals surface area contributed by atoms with Gasteiger partial charge in [0.05, 0.1) is 35.3 Å². The molecule has 0 radical (unpaired) electrons. The molecular formula is C15H15BrF6N2O2. The zero-order valence-corrected chi connectivity index (χ0v) is 14.9. The van der Waals surface area contributed by atoms with Gasteiger partial charge in [0.2, 0.25) is 0 Å². The van der Waals surface area contributed by atoms with Gasteiger partial charge in [-0.15, -0.1) is 0 Å². The van der Waals surface area contributed by atoms with Crippen molar-refractivity contribution in [2.45, 2.75) is 60.6 Å². The molecule has 3 aliphatic rings. The van der Waals surface area contributed by atoms with Gasteiger partial charge in [-0.05, 0) is 0 Å². The van der Waals surface area contributed by atoms with Gasteiger partial charge in [0.15, 0.2) is 17.7 Å². The van der Waals surface area contributed by atoms with E-state index in [9.17, 15) is 26.3 Å². The van der Waals surface area contributed by atoms with E-state index >= 15 is 0 Å². The number of ether oxygens (including phenoxy) is 2. The van der Waals surface area contributed by atoms with E-state index in [4.69, 9.17) is 9.47 Å². The zero-order chi connectivity index (χ0) is 18.9. The molecule has 0 bridgehead atoms. The van der Waals surface area contributed by atoms with Crippen molar-refractivity contribution < 1.29 is 35.8 Å². The molecule has 0 amide bonds. The van der Waals surface area contributed by atoms with Crippen LogP contribution in [0.3, 0.4) is 0 Å². The van der Waals surface area contributed by atoms with Gasteiger partial charge in [-0.25, -0.2) is 13.2 Å². The normalized spacial score (nSPS) is 36.7. The molecule has 4 nitrogen and oxygen atoms in total. The Morgan fingerprint density at radius 3 is 2.19 bits per heavy atom. The maximum absolute atomic E-state index is 13.8. The SMILES string of the molecule is F[C@@H]1[C@H](F)C[C@@H](n2nc(C(F)(F)F)c3c2C(Br)CC32OCCO2)C[C@@H]1F. The minimum Gasteiger partial charge on any atom is -0.343 e. The van der Waals surface area contributed by atoms with Crippen molar-refractivity contribution in [3.05, 3.63) is 17.0 Å². The third-order valence-corrected chi connectivity index (χ3v) is 5.88. The average molecular weight is 449 g/mol. The number of alkyl halides is 7. The number of hydrogen-bond donors (Lipinski definition) is 0. The molecule has 1 aromatic rings. The number of fused-ring (bicyclic) bond motifs is 2. The molecule has 1 unspecified atom stereocenters. The van der Waals surface area contributed by atoms with Crippen LogP contribution < -0.4 is 0 Å². The van der Waals surface area contributed by atoms with Crippen LogP contribution >= 0.6 is 15.9 Å². The number of aromatic nitrogens is 2. The van der Waals surface area contributed by atoms with Gasteiger partial charge >= 0.3 is 6.18 Å². The predicted molar refractivity (Wildman–Crippen MR) is 80.1 cm³/mol. The van der Waals surface area contributed by atoms with Crippen molar-refractivity contribution in [3.63, 3.8) is 0 Å². The smallest absolute Gasteiger partial charge is 0.343 e. The second-order valence-electron chi connectivity index (χ2n) is 6.77. The molecule has 0 N–H and O–H groups in total. The summed E-state index contributed by atoms with van der Waals surface area (Å²) in [5.41, 5.74) is -1.32. The van der Waals surface area contributed by atoms with Gasteiger partial charge in [-0.2, -0.15) is 18.3 Å². The molecular weight excluding hydrogens is 434 g/mol. The Kier molecular flexibility index (Phi) is 4.35. The van der Waals surface area contributed by atoms with Crippen molar-refractivity contribution in [2.24, 2.45) is 0 Å². The second-order valence-corrected chi connectivity index (χ2v) is 7.88. The van der Waals surface area contributed by atoms with Crippen LogP contribution in [0.4, 0.5) is 26.3 Å². The summed E-state index contributed by atoms with van der Waals surface area (Å²) in [7, 11) is 0. The lowest BCUT2D eigenvalue weighted by Crippen LogP contribution is -2.38. The molecule has 1 aliphatic heterocycles. The van der Waals surface area contributed by atoms with Crippen molar-refractivity contribution in [3.8, 4) is 0 Å². The standard InChI is InChI=1S/C15H15BrF6N2O2/c16-7-5-14(25-1-2-26-14)10-12(7)24(23-13(10)15(20,21)22)6-3-8(17)11(19)9(18)4-6/h6-9,11H,1-5H2/t6-,7?,8-,9+,11-. The maximum Gasteiger partial charge on any atom is 0.435 e. The van der Waals surface area contributed by atoms with Crippen LogP contribution in [-0.4, -0.2) is 41.5 Å². The molecule has 4 rings (SSSR count).